The quantitative estimate of drug-likeness (QED) is 0.624. The molecule has 1 fully saturated rings. The second kappa shape index (κ2) is 8.54. The molecule has 4 nitrogen and oxygen atoms in total. The van der Waals surface area contributed by atoms with Crippen LogP contribution in [0.2, 0.25) is 0 Å². The predicted octanol–water partition coefficient (Wildman–Crippen LogP) is 2.43. The van der Waals surface area contributed by atoms with E-state index < -0.39 is 6.10 Å². The number of hydrogen-bond acceptors (Lipinski definition) is 5. The molecule has 3 unspecified atom stereocenters. The van der Waals surface area contributed by atoms with E-state index in [1.807, 2.05) is 37.3 Å². The van der Waals surface area contributed by atoms with Gasteiger partial charge in [0, 0.05) is 23.5 Å². The zero-order chi connectivity index (χ0) is 15.1. The molecule has 0 aromatic heterocycles. The molecular formula is C16H23NO3S. The maximum absolute atomic E-state index is 12.2. The number of nitrogens with one attached hydrogen (secondary N) is 1. The normalized spacial score (nSPS) is 25.7. The van der Waals surface area contributed by atoms with E-state index in [-0.39, 0.29) is 16.4 Å². The summed E-state index contributed by atoms with van der Waals surface area (Å²) < 4.78 is 5.27. The molecule has 116 valence electrons. The van der Waals surface area contributed by atoms with E-state index in [1.54, 1.807) is 0 Å². The van der Waals surface area contributed by atoms with Crippen LogP contribution in [0.5, 0.6) is 0 Å². The highest BCUT2D eigenvalue weighted by atomic mass is 32.2. The zero-order valence-corrected chi connectivity index (χ0v) is 13.1. The molecule has 0 aliphatic heterocycles. The Hall–Kier alpha value is -0.880. The van der Waals surface area contributed by atoms with E-state index in [0.29, 0.717) is 25.3 Å². The number of rotatable bonds is 6. The van der Waals surface area contributed by atoms with Gasteiger partial charge in [-0.25, -0.2) is 0 Å². The van der Waals surface area contributed by atoms with Crippen molar-refractivity contribution in [1.29, 1.82) is 0 Å². The first kappa shape index (κ1) is 16.5. The van der Waals surface area contributed by atoms with Gasteiger partial charge in [-0.3, -0.25) is 10.1 Å². The monoisotopic (exact) mass is 309 g/mol. The van der Waals surface area contributed by atoms with Gasteiger partial charge in [0.15, 0.2) is 0 Å². The SMILES string of the molecule is CCOCNC1CCC(SC(=O)c2ccccc2)C(O)C1. The first-order chi connectivity index (χ1) is 10.2. The van der Waals surface area contributed by atoms with Gasteiger partial charge >= 0.3 is 0 Å². The van der Waals surface area contributed by atoms with E-state index in [1.165, 1.54) is 11.8 Å². The molecule has 0 radical (unpaired) electrons. The van der Waals surface area contributed by atoms with Crippen LogP contribution in [0.15, 0.2) is 30.3 Å². The summed E-state index contributed by atoms with van der Waals surface area (Å²) in [4.78, 5) is 12.2. The van der Waals surface area contributed by atoms with E-state index in [2.05, 4.69) is 5.32 Å². The molecule has 21 heavy (non-hydrogen) atoms. The largest absolute Gasteiger partial charge is 0.392 e. The van der Waals surface area contributed by atoms with E-state index in [0.717, 1.165) is 12.8 Å². The van der Waals surface area contributed by atoms with Crippen molar-refractivity contribution in [1.82, 2.24) is 5.32 Å². The Morgan fingerprint density at radius 1 is 1.38 bits per heavy atom. The van der Waals surface area contributed by atoms with Gasteiger partial charge in [-0.2, -0.15) is 0 Å². The highest BCUT2D eigenvalue weighted by Crippen LogP contribution is 2.31. The van der Waals surface area contributed by atoms with E-state index >= 15 is 0 Å². The molecule has 1 saturated carbocycles. The highest BCUT2D eigenvalue weighted by molar-refractivity contribution is 8.14. The van der Waals surface area contributed by atoms with Crippen LogP contribution < -0.4 is 5.32 Å². The average Bonchev–Trinajstić information content (AvgIpc) is 2.51. The summed E-state index contributed by atoms with van der Waals surface area (Å²) in [6.45, 7) is 3.17. The van der Waals surface area contributed by atoms with Gasteiger partial charge in [-0.1, -0.05) is 42.1 Å². The number of thioether (sulfide) groups is 1. The van der Waals surface area contributed by atoms with Crippen molar-refractivity contribution in [2.75, 3.05) is 13.3 Å². The Labute approximate surface area is 130 Å². The summed E-state index contributed by atoms with van der Waals surface area (Å²) in [5, 5.41) is 13.6. The highest BCUT2D eigenvalue weighted by Gasteiger charge is 2.31. The molecule has 0 bridgehead atoms. The van der Waals surface area contributed by atoms with Crippen molar-refractivity contribution in [3.05, 3.63) is 35.9 Å². The molecule has 2 rings (SSSR count). The third-order valence-electron chi connectivity index (χ3n) is 3.70. The van der Waals surface area contributed by atoms with Gasteiger partial charge < -0.3 is 9.84 Å². The third kappa shape index (κ3) is 5.11. The van der Waals surface area contributed by atoms with Crippen LogP contribution in [-0.2, 0) is 4.74 Å². The van der Waals surface area contributed by atoms with Crippen molar-refractivity contribution in [3.63, 3.8) is 0 Å². The lowest BCUT2D eigenvalue weighted by Gasteiger charge is -2.32. The molecule has 0 amide bonds. The number of aliphatic hydroxyl groups is 1. The minimum atomic E-state index is -0.449. The van der Waals surface area contributed by atoms with Crippen LogP contribution in [0, 0.1) is 0 Å². The van der Waals surface area contributed by atoms with Crippen LogP contribution >= 0.6 is 11.8 Å². The maximum Gasteiger partial charge on any atom is 0.219 e. The summed E-state index contributed by atoms with van der Waals surface area (Å²) in [6.07, 6.45) is 2.03. The van der Waals surface area contributed by atoms with Gasteiger partial charge in [-0.15, -0.1) is 0 Å². The Balaban J connectivity index is 1.79. The molecule has 1 aromatic carbocycles. The van der Waals surface area contributed by atoms with Crippen molar-refractivity contribution < 1.29 is 14.6 Å². The number of benzene rings is 1. The van der Waals surface area contributed by atoms with Crippen molar-refractivity contribution in [2.24, 2.45) is 0 Å². The minimum Gasteiger partial charge on any atom is -0.392 e. The molecule has 2 N–H and O–H groups in total. The second-order valence-electron chi connectivity index (χ2n) is 5.23. The molecule has 3 atom stereocenters. The predicted molar refractivity (Wildman–Crippen MR) is 85.4 cm³/mol. The minimum absolute atomic E-state index is 0.0113. The molecule has 0 saturated heterocycles. The van der Waals surface area contributed by atoms with Crippen LogP contribution in [0.3, 0.4) is 0 Å². The van der Waals surface area contributed by atoms with Gasteiger partial charge in [0.25, 0.3) is 0 Å². The fraction of sp³-hybridized carbons (Fsp3) is 0.562. The van der Waals surface area contributed by atoms with E-state index in [4.69, 9.17) is 4.74 Å². The average molecular weight is 309 g/mol. The summed E-state index contributed by atoms with van der Waals surface area (Å²) in [5.74, 6) is 0. The lowest BCUT2D eigenvalue weighted by Crippen LogP contribution is -2.42. The first-order valence-electron chi connectivity index (χ1n) is 7.46. The van der Waals surface area contributed by atoms with Crippen LogP contribution in [0.4, 0.5) is 0 Å². The summed E-state index contributed by atoms with van der Waals surface area (Å²) >= 11 is 1.26. The van der Waals surface area contributed by atoms with E-state index in [9.17, 15) is 9.90 Å². The Kier molecular flexibility index (Phi) is 6.70. The van der Waals surface area contributed by atoms with Crippen LogP contribution in [-0.4, -0.2) is 41.0 Å². The van der Waals surface area contributed by atoms with Gasteiger partial charge in [0.05, 0.1) is 12.8 Å². The molecule has 5 heteroatoms. The topological polar surface area (TPSA) is 58.6 Å². The Bertz CT molecular complexity index is 440. The zero-order valence-electron chi connectivity index (χ0n) is 12.3. The molecule has 1 aliphatic carbocycles. The van der Waals surface area contributed by atoms with Crippen molar-refractivity contribution in [3.8, 4) is 0 Å². The summed E-state index contributed by atoms with van der Waals surface area (Å²) in [7, 11) is 0. The van der Waals surface area contributed by atoms with Gasteiger partial charge in [0.1, 0.15) is 0 Å². The fourth-order valence-corrected chi connectivity index (χ4v) is 3.57. The molecule has 1 aromatic rings. The van der Waals surface area contributed by atoms with Gasteiger partial charge in [-0.05, 0) is 26.2 Å². The van der Waals surface area contributed by atoms with Crippen molar-refractivity contribution >= 4 is 16.9 Å². The Morgan fingerprint density at radius 3 is 2.81 bits per heavy atom. The number of aliphatic hydroxyl groups excluding tert-OH is 1. The number of carbonyl (C=O) groups excluding carboxylic acids is 1. The second-order valence-corrected chi connectivity index (χ2v) is 6.44. The molecule has 0 spiro atoms. The number of carbonyl (C=O) groups is 1. The molecular weight excluding hydrogens is 286 g/mol. The fourth-order valence-electron chi connectivity index (χ4n) is 2.50. The number of ether oxygens (including phenoxy) is 1. The first-order valence-corrected chi connectivity index (χ1v) is 8.34. The maximum atomic E-state index is 12.2. The van der Waals surface area contributed by atoms with Crippen LogP contribution in [0.1, 0.15) is 36.5 Å². The summed E-state index contributed by atoms with van der Waals surface area (Å²) in [6, 6.07) is 9.52. The van der Waals surface area contributed by atoms with Crippen LogP contribution in [0.25, 0.3) is 0 Å². The summed E-state index contributed by atoms with van der Waals surface area (Å²) in [5.41, 5.74) is 0.700. The lowest BCUT2D eigenvalue weighted by molar-refractivity contribution is 0.0823. The molecule has 0 heterocycles. The Morgan fingerprint density at radius 2 is 2.14 bits per heavy atom. The third-order valence-corrected chi connectivity index (χ3v) is 5.00. The number of hydrogen-bond donors (Lipinski definition) is 2. The van der Waals surface area contributed by atoms with Gasteiger partial charge in [0.2, 0.25) is 5.12 Å². The lowest BCUT2D eigenvalue weighted by atomic mass is 9.92. The smallest absolute Gasteiger partial charge is 0.219 e. The standard InChI is InChI=1S/C16H23NO3S/c1-2-20-11-17-13-8-9-15(14(18)10-13)21-16(19)12-6-4-3-5-7-12/h3-7,13-15,17-18H,2,8-11H2,1H3. The van der Waals surface area contributed by atoms with Crippen molar-refractivity contribution in [2.45, 2.75) is 43.6 Å². The molecule has 1 aliphatic rings.